The number of methoxy groups -OCH3 is 1. The van der Waals surface area contributed by atoms with Gasteiger partial charge in [-0.3, -0.25) is 0 Å². The number of rotatable bonds is 5. The summed E-state index contributed by atoms with van der Waals surface area (Å²) in [6.45, 7) is 5.90. The number of ether oxygens (including phenoxy) is 1. The van der Waals surface area contributed by atoms with Gasteiger partial charge in [0.05, 0.1) is 12.1 Å². The molecule has 0 spiro atoms. The first kappa shape index (κ1) is 14.2. The van der Waals surface area contributed by atoms with Gasteiger partial charge in [0.25, 0.3) is 0 Å². The van der Waals surface area contributed by atoms with Crippen LogP contribution in [-0.4, -0.2) is 42.2 Å². The molecule has 0 heterocycles. The van der Waals surface area contributed by atoms with Gasteiger partial charge in [-0.2, -0.15) is 0 Å². The van der Waals surface area contributed by atoms with Gasteiger partial charge in [0, 0.05) is 13.7 Å². The first-order chi connectivity index (χ1) is 6.79. The Bertz CT molecular complexity index is 204. The summed E-state index contributed by atoms with van der Waals surface area (Å²) in [6.07, 6.45) is -0.771. The summed E-state index contributed by atoms with van der Waals surface area (Å²) in [5, 5.41) is 20.3. The van der Waals surface area contributed by atoms with E-state index in [-0.39, 0.29) is 18.6 Å². The number of amides is 1. The zero-order chi connectivity index (χ0) is 12.1. The molecule has 0 aliphatic carbocycles. The van der Waals surface area contributed by atoms with Gasteiger partial charge in [-0.05, 0) is 11.8 Å². The number of carboxylic acid groups (broad SMARTS) is 1. The zero-order valence-corrected chi connectivity index (χ0v) is 9.83. The van der Waals surface area contributed by atoms with E-state index < -0.39 is 11.6 Å². The van der Waals surface area contributed by atoms with Crippen LogP contribution < -0.4 is 5.32 Å². The molecule has 1 atom stereocenters. The molecule has 0 saturated carbocycles. The van der Waals surface area contributed by atoms with Crippen LogP contribution in [0.2, 0.25) is 0 Å². The summed E-state index contributed by atoms with van der Waals surface area (Å²) in [5.74, 6) is 0. The second-order valence-electron chi connectivity index (χ2n) is 4.67. The molecule has 0 aromatic carbocycles. The predicted octanol–water partition coefficient (Wildman–Crippen LogP) is 1.07. The van der Waals surface area contributed by atoms with Crippen molar-refractivity contribution < 1.29 is 19.7 Å². The monoisotopic (exact) mass is 219 g/mol. The summed E-state index contributed by atoms with van der Waals surface area (Å²) in [4.78, 5) is 10.8. The molecule has 0 bridgehead atoms. The van der Waals surface area contributed by atoms with Crippen molar-refractivity contribution in [2.24, 2.45) is 5.41 Å². The first-order valence-electron chi connectivity index (χ1n) is 4.90. The van der Waals surface area contributed by atoms with Gasteiger partial charge >= 0.3 is 6.09 Å². The average Bonchev–Trinajstić information content (AvgIpc) is 2.01. The molecule has 0 unspecified atom stereocenters. The maximum Gasteiger partial charge on any atom is 0.405 e. The standard InChI is InChI=1S/C10H21NO4/c1-9(2,3)10(5-6-12,7-15-4)11-8(13)14/h11-12H,5-7H2,1-4H3,(H,13,14)/t10-/m1/s1. The molecular weight excluding hydrogens is 198 g/mol. The van der Waals surface area contributed by atoms with Crippen LogP contribution in [0.1, 0.15) is 27.2 Å². The van der Waals surface area contributed by atoms with Gasteiger partial charge in [-0.1, -0.05) is 20.8 Å². The third-order valence-corrected chi connectivity index (χ3v) is 2.71. The highest BCUT2D eigenvalue weighted by atomic mass is 16.5. The molecule has 3 N–H and O–H groups in total. The lowest BCUT2D eigenvalue weighted by Crippen LogP contribution is -2.60. The van der Waals surface area contributed by atoms with Crippen LogP contribution in [0.15, 0.2) is 0 Å². The fourth-order valence-electron chi connectivity index (χ4n) is 1.59. The third kappa shape index (κ3) is 3.68. The Labute approximate surface area is 90.4 Å². The fourth-order valence-corrected chi connectivity index (χ4v) is 1.59. The van der Waals surface area contributed by atoms with E-state index >= 15 is 0 Å². The molecule has 0 aliphatic heterocycles. The molecule has 0 aromatic rings. The largest absolute Gasteiger partial charge is 0.465 e. The van der Waals surface area contributed by atoms with E-state index in [1.165, 1.54) is 7.11 Å². The van der Waals surface area contributed by atoms with Gasteiger partial charge in [-0.15, -0.1) is 0 Å². The van der Waals surface area contributed by atoms with Crippen LogP contribution in [0.4, 0.5) is 4.79 Å². The average molecular weight is 219 g/mol. The van der Waals surface area contributed by atoms with Crippen molar-refractivity contribution in [3.8, 4) is 0 Å². The van der Waals surface area contributed by atoms with E-state index in [9.17, 15) is 4.79 Å². The van der Waals surface area contributed by atoms with Crippen molar-refractivity contribution in [1.82, 2.24) is 5.32 Å². The lowest BCUT2D eigenvalue weighted by atomic mass is 9.72. The van der Waals surface area contributed by atoms with E-state index in [2.05, 4.69) is 5.32 Å². The quantitative estimate of drug-likeness (QED) is 0.646. The van der Waals surface area contributed by atoms with Gasteiger partial charge in [0.1, 0.15) is 0 Å². The number of nitrogens with one attached hydrogen (secondary N) is 1. The number of hydrogen-bond acceptors (Lipinski definition) is 3. The summed E-state index contributed by atoms with van der Waals surface area (Å²) in [6, 6.07) is 0. The Morgan fingerprint density at radius 2 is 1.93 bits per heavy atom. The van der Waals surface area contributed by atoms with Crippen LogP contribution in [0.25, 0.3) is 0 Å². The second kappa shape index (κ2) is 5.32. The van der Waals surface area contributed by atoms with E-state index in [0.717, 1.165) is 0 Å². The number of aliphatic hydroxyl groups excluding tert-OH is 1. The van der Waals surface area contributed by atoms with E-state index in [1.54, 1.807) is 0 Å². The van der Waals surface area contributed by atoms with Gasteiger partial charge < -0.3 is 20.3 Å². The minimum absolute atomic E-state index is 0.0824. The molecule has 0 saturated heterocycles. The molecule has 0 aromatic heterocycles. The van der Waals surface area contributed by atoms with Crippen LogP contribution in [0.3, 0.4) is 0 Å². The number of hydrogen-bond donors (Lipinski definition) is 3. The second-order valence-corrected chi connectivity index (χ2v) is 4.67. The minimum atomic E-state index is -1.10. The Kier molecular flexibility index (Phi) is 5.03. The highest BCUT2D eigenvalue weighted by Crippen LogP contribution is 2.33. The van der Waals surface area contributed by atoms with Crippen molar-refractivity contribution in [2.75, 3.05) is 20.3 Å². The normalized spacial score (nSPS) is 15.8. The molecule has 5 nitrogen and oxygen atoms in total. The summed E-state index contributed by atoms with van der Waals surface area (Å²) in [7, 11) is 1.52. The zero-order valence-electron chi connectivity index (χ0n) is 9.83. The summed E-state index contributed by atoms with van der Waals surface area (Å²) in [5.41, 5.74) is -1.09. The summed E-state index contributed by atoms with van der Waals surface area (Å²) < 4.78 is 5.05. The third-order valence-electron chi connectivity index (χ3n) is 2.71. The fraction of sp³-hybridized carbons (Fsp3) is 0.900. The van der Waals surface area contributed by atoms with E-state index in [1.807, 2.05) is 20.8 Å². The maximum absolute atomic E-state index is 10.8. The van der Waals surface area contributed by atoms with Gasteiger partial charge in [0.2, 0.25) is 0 Å². The van der Waals surface area contributed by atoms with Crippen LogP contribution >= 0.6 is 0 Å². The molecule has 90 valence electrons. The van der Waals surface area contributed by atoms with Crippen LogP contribution in [0, 0.1) is 5.41 Å². The Morgan fingerprint density at radius 1 is 1.40 bits per heavy atom. The smallest absolute Gasteiger partial charge is 0.405 e. The van der Waals surface area contributed by atoms with Gasteiger partial charge in [0.15, 0.2) is 0 Å². The van der Waals surface area contributed by atoms with Crippen LogP contribution in [-0.2, 0) is 4.74 Å². The highest BCUT2D eigenvalue weighted by molar-refractivity contribution is 5.65. The number of carbonyl (C=O) groups is 1. The topological polar surface area (TPSA) is 78.8 Å². The molecule has 0 fully saturated rings. The molecule has 15 heavy (non-hydrogen) atoms. The molecule has 0 rings (SSSR count). The molecular formula is C10H21NO4. The minimum Gasteiger partial charge on any atom is -0.465 e. The maximum atomic E-state index is 10.8. The molecule has 5 heteroatoms. The first-order valence-corrected chi connectivity index (χ1v) is 4.90. The molecule has 0 aliphatic rings. The summed E-state index contributed by atoms with van der Waals surface area (Å²) >= 11 is 0. The Balaban J connectivity index is 4.97. The predicted molar refractivity (Wildman–Crippen MR) is 56.9 cm³/mol. The lowest BCUT2D eigenvalue weighted by Gasteiger charge is -2.44. The van der Waals surface area contributed by atoms with Crippen molar-refractivity contribution >= 4 is 6.09 Å². The van der Waals surface area contributed by atoms with Crippen molar-refractivity contribution in [1.29, 1.82) is 0 Å². The van der Waals surface area contributed by atoms with E-state index in [0.29, 0.717) is 6.42 Å². The molecule has 1 amide bonds. The number of aliphatic hydroxyl groups is 1. The van der Waals surface area contributed by atoms with Crippen molar-refractivity contribution in [3.63, 3.8) is 0 Å². The molecule has 0 radical (unpaired) electrons. The highest BCUT2D eigenvalue weighted by Gasteiger charge is 2.42. The van der Waals surface area contributed by atoms with Crippen molar-refractivity contribution in [3.05, 3.63) is 0 Å². The van der Waals surface area contributed by atoms with E-state index in [4.69, 9.17) is 14.9 Å². The van der Waals surface area contributed by atoms with Crippen LogP contribution in [0.5, 0.6) is 0 Å². The van der Waals surface area contributed by atoms with Gasteiger partial charge in [-0.25, -0.2) is 4.79 Å². The van der Waals surface area contributed by atoms with Crippen molar-refractivity contribution in [2.45, 2.75) is 32.7 Å². The lowest BCUT2D eigenvalue weighted by molar-refractivity contribution is 0.0182. The Hall–Kier alpha value is -0.810. The SMILES string of the molecule is COC[C@@](CCO)(NC(=O)O)C(C)(C)C. The Morgan fingerprint density at radius 3 is 2.20 bits per heavy atom.